The fraction of sp³-hybridized carbons (Fsp3) is 0.600. The van der Waals surface area contributed by atoms with Gasteiger partial charge >= 0.3 is 95.8 Å². The number of hydrogen-bond donors (Lipinski definition) is 1. The zero-order chi connectivity index (χ0) is 10.6. The van der Waals surface area contributed by atoms with Crippen LogP contribution < -0.4 is 5.73 Å². The fourth-order valence-corrected chi connectivity index (χ4v) is 3.56. The van der Waals surface area contributed by atoms with Crippen LogP contribution in [0.4, 0.5) is 0 Å². The first kappa shape index (κ1) is 15.3. The molecule has 2 N–H and O–H groups in total. The van der Waals surface area contributed by atoms with Crippen molar-refractivity contribution in [2.75, 3.05) is 6.61 Å². The van der Waals surface area contributed by atoms with Gasteiger partial charge in [-0.3, -0.25) is 0 Å². The number of rotatable bonds is 5. The van der Waals surface area contributed by atoms with Gasteiger partial charge in [0.2, 0.25) is 0 Å². The van der Waals surface area contributed by atoms with Crippen LogP contribution in [0.3, 0.4) is 0 Å². The summed E-state index contributed by atoms with van der Waals surface area (Å²) in [6.07, 6.45) is 1.72. The summed E-state index contributed by atoms with van der Waals surface area (Å²) in [6, 6.07) is 1.99. The Kier molecular flexibility index (Phi) is 7.69. The third kappa shape index (κ3) is 4.34. The minimum atomic E-state index is -0.776. The Morgan fingerprint density at radius 1 is 1.53 bits per heavy atom. The van der Waals surface area contributed by atoms with Crippen molar-refractivity contribution in [2.24, 2.45) is 5.73 Å². The second kappa shape index (κ2) is 7.54. The van der Waals surface area contributed by atoms with Crippen LogP contribution in [0.15, 0.2) is 16.7 Å². The van der Waals surface area contributed by atoms with Crippen LogP contribution in [0.5, 0.6) is 0 Å². The van der Waals surface area contributed by atoms with E-state index in [9.17, 15) is 0 Å². The minimum Gasteiger partial charge on any atom is -0.147 e. The molecule has 0 saturated heterocycles. The molecule has 0 fully saturated rings. The summed E-state index contributed by atoms with van der Waals surface area (Å²) < 4.78 is 11.4. The second-order valence-electron chi connectivity index (χ2n) is 3.30. The molecule has 1 heterocycles. The third-order valence-electron chi connectivity index (χ3n) is 2.01. The van der Waals surface area contributed by atoms with Crippen LogP contribution in [-0.4, -0.2) is 28.2 Å². The third-order valence-corrected chi connectivity index (χ3v) is 5.21. The summed E-state index contributed by atoms with van der Waals surface area (Å²) >= 11 is -0.776. The summed E-state index contributed by atoms with van der Waals surface area (Å²) in [5.74, 6) is 0.915. The molecule has 0 bridgehead atoms. The average molecular weight is 338 g/mol. The Bertz CT molecular complexity index is 278. The maximum atomic E-state index is 5.81. The van der Waals surface area contributed by atoms with Crippen LogP contribution in [-0.2, 0) is 3.07 Å². The Labute approximate surface area is 108 Å². The Hall–Kier alpha value is 0.289. The number of halogens is 1. The molecule has 2 atom stereocenters. The molecule has 0 aliphatic heterocycles. The van der Waals surface area contributed by atoms with Crippen LogP contribution in [0, 0.1) is 0 Å². The van der Waals surface area contributed by atoms with Crippen LogP contribution in [0.25, 0.3) is 0 Å². The molecule has 0 aliphatic rings. The van der Waals surface area contributed by atoms with E-state index in [1.807, 2.05) is 19.9 Å². The molecule has 0 aromatic carbocycles. The number of nitrogens with two attached hydrogens (primary N) is 1. The van der Waals surface area contributed by atoms with Crippen molar-refractivity contribution >= 4 is 34.0 Å². The molecule has 0 aliphatic carbocycles. The molecule has 0 amide bonds. The van der Waals surface area contributed by atoms with E-state index in [1.54, 1.807) is 6.26 Å². The molecule has 1 aromatic heterocycles. The van der Waals surface area contributed by atoms with Gasteiger partial charge < -0.3 is 0 Å². The number of hydrogen-bond acceptors (Lipinski definition) is 3. The van der Waals surface area contributed by atoms with E-state index in [0.717, 1.165) is 12.4 Å². The zero-order valence-corrected chi connectivity index (χ0v) is 13.0. The van der Waals surface area contributed by atoms with E-state index >= 15 is 0 Å². The first-order chi connectivity index (χ1) is 6.66. The van der Waals surface area contributed by atoms with Gasteiger partial charge in [-0.25, -0.2) is 0 Å². The normalized spacial score (nSPS) is 14.4. The van der Waals surface area contributed by atoms with Gasteiger partial charge in [0.05, 0.1) is 0 Å². The molecule has 1 rings (SSSR count). The topological polar surface area (TPSA) is 48.4 Å². The van der Waals surface area contributed by atoms with Crippen molar-refractivity contribution in [3.05, 3.63) is 23.7 Å². The van der Waals surface area contributed by atoms with Gasteiger partial charge in [0.1, 0.15) is 0 Å². The van der Waals surface area contributed by atoms with Gasteiger partial charge in [0.25, 0.3) is 0 Å². The van der Waals surface area contributed by atoms with Crippen molar-refractivity contribution in [3.8, 4) is 0 Å². The summed E-state index contributed by atoms with van der Waals surface area (Å²) in [7, 11) is 0. The average Bonchev–Trinajstić information content (AvgIpc) is 2.62. The standard InChI is InChI=1S/C8H12NO.C2H5O.ClH.Sn/c1-3-7-4-5-10-8(7)6(2)9;1-2-3;;/h3-6H,9H2,1-2H3;2H2,1H3;1H;/q;-1;;+1. The molecule has 0 saturated carbocycles. The Morgan fingerprint density at radius 2 is 2.20 bits per heavy atom. The van der Waals surface area contributed by atoms with E-state index in [-0.39, 0.29) is 18.4 Å². The summed E-state index contributed by atoms with van der Waals surface area (Å²) in [4.78, 5) is 0. The fourth-order valence-electron chi connectivity index (χ4n) is 1.33. The van der Waals surface area contributed by atoms with Gasteiger partial charge in [-0.1, -0.05) is 0 Å². The van der Waals surface area contributed by atoms with Crippen LogP contribution in [0.2, 0.25) is 0 Å². The van der Waals surface area contributed by atoms with E-state index < -0.39 is 21.6 Å². The molecule has 0 spiro atoms. The first-order valence-electron chi connectivity index (χ1n) is 4.87. The molecule has 86 valence electrons. The largest absolute Gasteiger partial charge is 0.147 e. The molecular weight excluding hydrogens is 320 g/mol. The van der Waals surface area contributed by atoms with Crippen molar-refractivity contribution in [3.63, 3.8) is 0 Å². The van der Waals surface area contributed by atoms with E-state index in [2.05, 4.69) is 6.92 Å². The van der Waals surface area contributed by atoms with Crippen molar-refractivity contribution in [1.82, 2.24) is 0 Å². The molecule has 3 nitrogen and oxygen atoms in total. The van der Waals surface area contributed by atoms with E-state index in [4.69, 9.17) is 13.2 Å². The summed E-state index contributed by atoms with van der Waals surface area (Å²) in [6.45, 7) is 7.00. The van der Waals surface area contributed by atoms with Crippen LogP contribution >= 0.6 is 12.4 Å². The SMILES string of the molecule is CC[O][Sn][CH](C)c1ccoc1C(C)N.Cl. The predicted molar refractivity (Wildman–Crippen MR) is 64.4 cm³/mol. The molecule has 1 aromatic rings. The maximum absolute atomic E-state index is 5.81. The smallest absolute Gasteiger partial charge is 0.147 e. The molecular formula is C10H18ClNO2Sn. The molecule has 5 heteroatoms. The van der Waals surface area contributed by atoms with Gasteiger partial charge in [0.15, 0.2) is 0 Å². The maximum Gasteiger partial charge on any atom is -0.147 e. The van der Waals surface area contributed by atoms with E-state index in [1.165, 1.54) is 5.56 Å². The quantitative estimate of drug-likeness (QED) is 0.839. The van der Waals surface area contributed by atoms with Crippen molar-refractivity contribution < 1.29 is 7.49 Å². The second-order valence-corrected chi connectivity index (χ2v) is 7.27. The predicted octanol–water partition coefficient (Wildman–Crippen LogP) is 2.44. The van der Waals surface area contributed by atoms with E-state index in [0.29, 0.717) is 3.93 Å². The van der Waals surface area contributed by atoms with Gasteiger partial charge in [-0.05, 0) is 0 Å². The summed E-state index contributed by atoms with van der Waals surface area (Å²) in [5.41, 5.74) is 7.05. The van der Waals surface area contributed by atoms with Gasteiger partial charge in [-0.2, -0.15) is 0 Å². The summed E-state index contributed by atoms with van der Waals surface area (Å²) in [5, 5.41) is 0. The monoisotopic (exact) mass is 339 g/mol. The first-order valence-corrected chi connectivity index (χ1v) is 7.68. The zero-order valence-electron chi connectivity index (χ0n) is 9.32. The van der Waals surface area contributed by atoms with Crippen molar-refractivity contribution in [1.29, 1.82) is 0 Å². The molecule has 2 radical (unpaired) electrons. The molecule has 2 unspecified atom stereocenters. The number of furan rings is 1. The molecule has 15 heavy (non-hydrogen) atoms. The van der Waals surface area contributed by atoms with Gasteiger partial charge in [0, 0.05) is 0 Å². The van der Waals surface area contributed by atoms with Gasteiger partial charge in [-0.15, -0.1) is 12.4 Å². The Morgan fingerprint density at radius 3 is 2.73 bits per heavy atom. The van der Waals surface area contributed by atoms with Crippen molar-refractivity contribution in [2.45, 2.75) is 30.7 Å². The van der Waals surface area contributed by atoms with Crippen LogP contribution in [0.1, 0.15) is 42.1 Å². The minimum absolute atomic E-state index is 0. The Balaban J connectivity index is 0.00000196.